The fraction of sp³-hybridized carbons (Fsp3) is 0.200. The summed E-state index contributed by atoms with van der Waals surface area (Å²) >= 11 is 4.77. The lowest BCUT2D eigenvalue weighted by Gasteiger charge is -2.10. The van der Waals surface area contributed by atoms with Crippen LogP contribution in [0.1, 0.15) is 5.56 Å². The van der Waals surface area contributed by atoms with Crippen molar-refractivity contribution in [3.05, 3.63) is 35.9 Å². The van der Waals surface area contributed by atoms with E-state index in [1.54, 1.807) is 6.55 Å². The zero-order valence-corrected chi connectivity index (χ0v) is 10.7. The highest BCUT2D eigenvalue weighted by Crippen LogP contribution is 2.00. The first-order valence-corrected chi connectivity index (χ1v) is 7.11. The number of carbonyl (C=O) groups excluding carboxylic acids is 1. The molecule has 0 aliphatic heterocycles. The Bertz CT molecular complexity index is 372. The zero-order valence-electron chi connectivity index (χ0n) is 8.90. The van der Waals surface area contributed by atoms with Crippen LogP contribution in [0.4, 0.5) is 4.79 Å². The first kappa shape index (κ1) is 12.7. The molecule has 85 valence electrons. The fourth-order valence-electron chi connectivity index (χ4n) is 0.974. The lowest BCUT2D eigenvalue weighted by atomic mass is 10.2. The molecule has 0 fully saturated rings. The average molecular weight is 253 g/mol. The lowest BCUT2D eigenvalue weighted by molar-refractivity contribution is 0.146. The van der Waals surface area contributed by atoms with E-state index in [1.165, 1.54) is 0 Å². The smallest absolute Gasteiger partial charge is 0.399 e. The van der Waals surface area contributed by atoms with Gasteiger partial charge in [0.15, 0.2) is 0 Å². The van der Waals surface area contributed by atoms with Crippen LogP contribution in [-0.4, -0.2) is 19.7 Å². The van der Waals surface area contributed by atoms with Crippen molar-refractivity contribution in [1.82, 2.24) is 4.98 Å². The molecule has 1 rings (SSSR count). The van der Waals surface area contributed by atoms with Crippen LogP contribution in [0.15, 0.2) is 30.3 Å². The van der Waals surface area contributed by atoms with Crippen LogP contribution >= 0.6 is 12.2 Å². The van der Waals surface area contributed by atoms with Gasteiger partial charge >= 0.3 is 6.09 Å². The minimum atomic E-state index is -1.32. The number of nitrogens with two attached hydrogens (primary N) is 1. The van der Waals surface area contributed by atoms with Gasteiger partial charge in [0.25, 0.3) is 0 Å². The summed E-state index contributed by atoms with van der Waals surface area (Å²) in [5.74, 6) is 0. The van der Waals surface area contributed by atoms with Gasteiger partial charge < -0.3 is 15.5 Å². The van der Waals surface area contributed by atoms with E-state index in [9.17, 15) is 4.79 Å². The van der Waals surface area contributed by atoms with Crippen molar-refractivity contribution in [2.75, 3.05) is 0 Å². The molecular weight excluding hydrogens is 240 g/mol. The third kappa shape index (κ3) is 4.41. The standard InChI is InChI=1S/C10H13N2O2SSi/c1-16(9(11)15)12-10(13)14-7-8-5-3-2-4-6-8/h2-6H,7H2,1H3,(H2,11,15)(H,12,13). The van der Waals surface area contributed by atoms with Crippen LogP contribution in [0.5, 0.6) is 0 Å². The van der Waals surface area contributed by atoms with Crippen LogP contribution < -0.4 is 10.7 Å². The van der Waals surface area contributed by atoms with E-state index in [2.05, 4.69) is 4.98 Å². The summed E-state index contributed by atoms with van der Waals surface area (Å²) < 4.78 is 5.34. The first-order valence-electron chi connectivity index (χ1n) is 4.70. The molecule has 0 aliphatic rings. The number of amides is 1. The van der Waals surface area contributed by atoms with Gasteiger partial charge in [0.1, 0.15) is 6.61 Å². The van der Waals surface area contributed by atoms with Crippen molar-refractivity contribution in [1.29, 1.82) is 0 Å². The van der Waals surface area contributed by atoms with Crippen LogP contribution in [0.25, 0.3) is 0 Å². The highest BCUT2D eigenvalue weighted by atomic mass is 32.1. The summed E-state index contributed by atoms with van der Waals surface area (Å²) in [6, 6.07) is 9.46. The van der Waals surface area contributed by atoms with Gasteiger partial charge in [-0.1, -0.05) is 42.5 Å². The molecule has 0 unspecified atom stereocenters. The second kappa shape index (κ2) is 6.24. The molecule has 16 heavy (non-hydrogen) atoms. The minimum absolute atomic E-state index is 0.249. The third-order valence-corrected chi connectivity index (χ3v) is 4.11. The van der Waals surface area contributed by atoms with E-state index < -0.39 is 15.1 Å². The predicted octanol–water partition coefficient (Wildman–Crippen LogP) is 1.36. The monoisotopic (exact) mass is 253 g/mol. The normalized spacial score (nSPS) is 9.88. The molecule has 3 N–H and O–H groups in total. The van der Waals surface area contributed by atoms with E-state index in [0.717, 1.165) is 5.56 Å². The molecule has 1 amide bonds. The Hall–Kier alpha value is -1.40. The molecule has 0 spiro atoms. The number of benzene rings is 1. The number of hydrogen-bond acceptors (Lipinski definition) is 3. The maximum absolute atomic E-state index is 11.3. The number of nitrogens with one attached hydrogen (secondary N) is 1. The SMILES string of the molecule is C[Si](NC(=O)OCc1ccccc1)C(N)=S. The maximum atomic E-state index is 11.3. The van der Waals surface area contributed by atoms with Crippen LogP contribution in [0.2, 0.25) is 6.55 Å². The average Bonchev–Trinajstić information content (AvgIpc) is 2.27. The Morgan fingerprint density at radius 1 is 1.50 bits per heavy atom. The molecular formula is C10H13N2O2SSi. The Labute approximate surface area is 101 Å². The van der Waals surface area contributed by atoms with Crippen molar-refractivity contribution in [3.8, 4) is 0 Å². The van der Waals surface area contributed by atoms with Crippen molar-refractivity contribution in [3.63, 3.8) is 0 Å². The largest absolute Gasteiger partial charge is 0.445 e. The number of rotatable bonds is 4. The molecule has 0 saturated carbocycles. The van der Waals surface area contributed by atoms with Gasteiger partial charge in [-0.2, -0.15) is 0 Å². The van der Waals surface area contributed by atoms with Gasteiger partial charge in [0.2, 0.25) is 8.96 Å². The minimum Gasteiger partial charge on any atom is -0.445 e. The Morgan fingerprint density at radius 2 is 2.12 bits per heavy atom. The molecule has 0 aromatic heterocycles. The molecule has 1 aromatic carbocycles. The molecule has 4 nitrogen and oxygen atoms in total. The van der Waals surface area contributed by atoms with Crippen molar-refractivity contribution >= 4 is 31.9 Å². The molecule has 0 saturated heterocycles. The summed E-state index contributed by atoms with van der Waals surface area (Å²) in [7, 11) is -1.32. The molecule has 1 radical (unpaired) electrons. The van der Waals surface area contributed by atoms with Gasteiger partial charge in [0.05, 0.1) is 4.61 Å². The summed E-state index contributed by atoms with van der Waals surface area (Å²) in [5, 5.41) is 0. The number of thiocarbonyl (C=S) groups is 1. The van der Waals surface area contributed by atoms with E-state index >= 15 is 0 Å². The molecule has 0 aliphatic carbocycles. The maximum Gasteiger partial charge on any atom is 0.399 e. The highest BCUT2D eigenvalue weighted by Gasteiger charge is 2.13. The molecule has 0 atom stereocenters. The van der Waals surface area contributed by atoms with Gasteiger partial charge in [-0.05, 0) is 12.1 Å². The van der Waals surface area contributed by atoms with Gasteiger partial charge in [-0.15, -0.1) is 0 Å². The van der Waals surface area contributed by atoms with Gasteiger partial charge in [-0.25, -0.2) is 4.79 Å². The van der Waals surface area contributed by atoms with Gasteiger partial charge in [-0.3, -0.25) is 0 Å². The number of carbonyl (C=O) groups is 1. The Balaban J connectivity index is 2.33. The second-order valence-electron chi connectivity index (χ2n) is 3.18. The quantitative estimate of drug-likeness (QED) is 0.628. The predicted molar refractivity (Wildman–Crippen MR) is 68.2 cm³/mol. The van der Waals surface area contributed by atoms with E-state index in [-0.39, 0.29) is 6.61 Å². The molecule has 6 heteroatoms. The Morgan fingerprint density at radius 3 is 2.69 bits per heavy atom. The van der Waals surface area contributed by atoms with Crippen LogP contribution in [-0.2, 0) is 11.3 Å². The summed E-state index contributed by atoms with van der Waals surface area (Å²) in [4.78, 5) is 13.9. The van der Waals surface area contributed by atoms with E-state index in [4.69, 9.17) is 22.7 Å². The van der Waals surface area contributed by atoms with E-state index in [0.29, 0.717) is 4.61 Å². The van der Waals surface area contributed by atoms with E-state index in [1.807, 2.05) is 30.3 Å². The van der Waals surface area contributed by atoms with Crippen LogP contribution in [0, 0.1) is 0 Å². The lowest BCUT2D eigenvalue weighted by Crippen LogP contribution is -2.45. The number of ether oxygens (including phenoxy) is 1. The molecule has 0 heterocycles. The van der Waals surface area contributed by atoms with Crippen molar-refractivity contribution in [2.45, 2.75) is 13.2 Å². The summed E-state index contributed by atoms with van der Waals surface area (Å²) in [6.45, 7) is 2.05. The first-order chi connectivity index (χ1) is 7.59. The molecule has 0 bridgehead atoms. The third-order valence-electron chi connectivity index (χ3n) is 1.87. The second-order valence-corrected chi connectivity index (χ2v) is 6.02. The van der Waals surface area contributed by atoms with Crippen molar-refractivity contribution in [2.24, 2.45) is 5.73 Å². The fourth-order valence-corrected chi connectivity index (χ4v) is 1.63. The summed E-state index contributed by atoms with van der Waals surface area (Å²) in [6.07, 6.45) is -0.479. The Kier molecular flexibility index (Phi) is 4.94. The van der Waals surface area contributed by atoms with Gasteiger partial charge in [0, 0.05) is 0 Å². The topological polar surface area (TPSA) is 64.3 Å². The molecule has 1 aromatic rings. The zero-order chi connectivity index (χ0) is 12.0. The van der Waals surface area contributed by atoms with Crippen molar-refractivity contribution < 1.29 is 9.53 Å². The number of hydrogen-bond donors (Lipinski definition) is 2. The highest BCUT2D eigenvalue weighted by molar-refractivity contribution is 7.83. The van der Waals surface area contributed by atoms with Crippen LogP contribution in [0.3, 0.4) is 0 Å². The summed E-state index contributed by atoms with van der Waals surface area (Å²) in [5.41, 5.74) is 6.34.